The van der Waals surface area contributed by atoms with E-state index >= 15 is 0 Å². The maximum atomic E-state index is 13.1. The van der Waals surface area contributed by atoms with Gasteiger partial charge in [-0.15, -0.1) is 0 Å². The van der Waals surface area contributed by atoms with E-state index in [2.05, 4.69) is 17.2 Å². The summed E-state index contributed by atoms with van der Waals surface area (Å²) in [6.45, 7) is 4.06. The molecule has 1 aromatic rings. The normalized spacial score (nSPS) is 10.5. The van der Waals surface area contributed by atoms with Crippen LogP contribution in [-0.2, 0) is 4.74 Å². The van der Waals surface area contributed by atoms with Gasteiger partial charge in [-0.05, 0) is 12.8 Å². The minimum absolute atomic E-state index is 0.0833. The van der Waals surface area contributed by atoms with Crippen LogP contribution in [0.25, 0.3) is 0 Å². The van der Waals surface area contributed by atoms with E-state index in [0.717, 1.165) is 38.1 Å². The second kappa shape index (κ2) is 7.95. The van der Waals surface area contributed by atoms with Crippen molar-refractivity contribution in [3.63, 3.8) is 0 Å². The molecule has 96 valence electrons. The van der Waals surface area contributed by atoms with Gasteiger partial charge in [-0.3, -0.25) is 0 Å². The fourth-order valence-corrected chi connectivity index (χ4v) is 1.27. The van der Waals surface area contributed by atoms with Crippen LogP contribution in [0.4, 0.5) is 14.6 Å². The number of unbranched alkanes of at least 4 members (excludes halogenated alkanes) is 1. The molecule has 1 N–H and O–H groups in total. The Hall–Kier alpha value is -1.23. The van der Waals surface area contributed by atoms with Crippen LogP contribution < -0.4 is 5.32 Å². The molecular weight excluding hydrogens is 226 g/mol. The van der Waals surface area contributed by atoms with Crippen LogP contribution >= 0.6 is 0 Å². The van der Waals surface area contributed by atoms with E-state index in [9.17, 15) is 8.78 Å². The lowest BCUT2D eigenvalue weighted by molar-refractivity contribution is 0.131. The van der Waals surface area contributed by atoms with Crippen molar-refractivity contribution in [1.82, 2.24) is 4.98 Å². The third-order valence-corrected chi connectivity index (χ3v) is 2.21. The average molecular weight is 244 g/mol. The molecule has 0 aliphatic carbocycles. The Morgan fingerprint density at radius 2 is 2.06 bits per heavy atom. The summed E-state index contributed by atoms with van der Waals surface area (Å²) >= 11 is 0. The van der Waals surface area contributed by atoms with Gasteiger partial charge >= 0.3 is 0 Å². The number of hydrogen-bond acceptors (Lipinski definition) is 3. The van der Waals surface area contributed by atoms with E-state index < -0.39 is 11.6 Å². The molecule has 17 heavy (non-hydrogen) atoms. The van der Waals surface area contributed by atoms with Crippen molar-refractivity contribution < 1.29 is 13.5 Å². The monoisotopic (exact) mass is 244 g/mol. The molecule has 1 rings (SSSR count). The van der Waals surface area contributed by atoms with E-state index in [4.69, 9.17) is 4.74 Å². The molecule has 0 radical (unpaired) electrons. The predicted octanol–water partition coefficient (Wildman–Crippen LogP) is 2.98. The summed E-state index contributed by atoms with van der Waals surface area (Å²) in [6, 6.07) is 0.813. The molecule has 1 heterocycles. The van der Waals surface area contributed by atoms with Crippen LogP contribution in [-0.4, -0.2) is 24.7 Å². The number of halogens is 2. The largest absolute Gasteiger partial charge is 0.381 e. The number of anilines is 1. The smallest absolute Gasteiger partial charge is 0.168 e. The maximum Gasteiger partial charge on any atom is 0.168 e. The summed E-state index contributed by atoms with van der Waals surface area (Å²) in [5, 5.41) is 2.80. The molecule has 0 saturated carbocycles. The zero-order chi connectivity index (χ0) is 12.5. The first-order chi connectivity index (χ1) is 8.24. The highest BCUT2D eigenvalue weighted by molar-refractivity contribution is 5.35. The number of aromatic nitrogens is 1. The summed E-state index contributed by atoms with van der Waals surface area (Å²) in [5.41, 5.74) is 0. The highest BCUT2D eigenvalue weighted by Crippen LogP contribution is 2.10. The maximum absolute atomic E-state index is 13.1. The van der Waals surface area contributed by atoms with Gasteiger partial charge in [-0.1, -0.05) is 13.3 Å². The number of rotatable bonds is 8. The van der Waals surface area contributed by atoms with Crippen LogP contribution in [0.3, 0.4) is 0 Å². The standard InChI is InChI=1S/C12H18F2N2O/c1-2-3-6-17-7-4-5-15-12-11(14)8-10(13)9-16-12/h8-9H,2-7H2,1H3,(H,15,16). The van der Waals surface area contributed by atoms with Crippen molar-refractivity contribution in [2.75, 3.05) is 25.1 Å². The third-order valence-electron chi connectivity index (χ3n) is 2.21. The molecule has 0 unspecified atom stereocenters. The van der Waals surface area contributed by atoms with Crippen molar-refractivity contribution in [1.29, 1.82) is 0 Å². The lowest BCUT2D eigenvalue weighted by atomic mass is 10.3. The Morgan fingerprint density at radius 3 is 2.76 bits per heavy atom. The van der Waals surface area contributed by atoms with E-state index in [-0.39, 0.29) is 5.82 Å². The minimum Gasteiger partial charge on any atom is -0.381 e. The number of nitrogens with one attached hydrogen (secondary N) is 1. The summed E-state index contributed by atoms with van der Waals surface area (Å²) in [4.78, 5) is 3.62. The lowest BCUT2D eigenvalue weighted by Gasteiger charge is -2.06. The Kier molecular flexibility index (Phi) is 6.47. The van der Waals surface area contributed by atoms with Crippen LogP contribution in [0.5, 0.6) is 0 Å². The van der Waals surface area contributed by atoms with E-state index in [1.165, 1.54) is 0 Å². The minimum atomic E-state index is -0.670. The average Bonchev–Trinajstić information content (AvgIpc) is 2.30. The Labute approximate surface area is 100 Å². The highest BCUT2D eigenvalue weighted by Gasteiger charge is 2.03. The summed E-state index contributed by atoms with van der Waals surface area (Å²) in [7, 11) is 0. The molecule has 0 amide bonds. The lowest BCUT2D eigenvalue weighted by Crippen LogP contribution is -2.09. The molecular formula is C12H18F2N2O. The molecule has 0 atom stereocenters. The Bertz CT molecular complexity index is 334. The number of ether oxygens (including phenoxy) is 1. The van der Waals surface area contributed by atoms with Gasteiger partial charge in [0.05, 0.1) is 6.20 Å². The first kappa shape index (κ1) is 13.8. The molecule has 0 bridgehead atoms. The second-order valence-electron chi connectivity index (χ2n) is 3.73. The van der Waals surface area contributed by atoms with Gasteiger partial charge in [-0.25, -0.2) is 13.8 Å². The van der Waals surface area contributed by atoms with E-state index in [1.807, 2.05) is 0 Å². The number of pyridine rings is 1. The molecule has 0 aliphatic rings. The first-order valence-electron chi connectivity index (χ1n) is 5.86. The van der Waals surface area contributed by atoms with Crippen LogP contribution in [0.2, 0.25) is 0 Å². The van der Waals surface area contributed by atoms with Crippen molar-refractivity contribution in [2.24, 2.45) is 0 Å². The van der Waals surface area contributed by atoms with Gasteiger partial charge < -0.3 is 10.1 Å². The molecule has 0 aliphatic heterocycles. The molecule has 0 saturated heterocycles. The Balaban J connectivity index is 2.14. The summed E-state index contributed by atoms with van der Waals surface area (Å²) in [5.74, 6) is -1.26. The summed E-state index contributed by atoms with van der Waals surface area (Å²) in [6.07, 6.45) is 3.93. The Morgan fingerprint density at radius 1 is 1.29 bits per heavy atom. The van der Waals surface area contributed by atoms with E-state index in [1.54, 1.807) is 0 Å². The topological polar surface area (TPSA) is 34.1 Å². The highest BCUT2D eigenvalue weighted by atomic mass is 19.1. The quantitative estimate of drug-likeness (QED) is 0.714. The van der Waals surface area contributed by atoms with Crippen LogP contribution in [0.1, 0.15) is 26.2 Å². The van der Waals surface area contributed by atoms with Gasteiger partial charge in [0.2, 0.25) is 0 Å². The fraction of sp³-hybridized carbons (Fsp3) is 0.583. The zero-order valence-electron chi connectivity index (χ0n) is 10.0. The van der Waals surface area contributed by atoms with Gasteiger partial charge in [0.25, 0.3) is 0 Å². The molecule has 1 aromatic heterocycles. The van der Waals surface area contributed by atoms with Crippen molar-refractivity contribution in [3.8, 4) is 0 Å². The van der Waals surface area contributed by atoms with Crippen LogP contribution in [0, 0.1) is 11.6 Å². The second-order valence-corrected chi connectivity index (χ2v) is 3.73. The first-order valence-corrected chi connectivity index (χ1v) is 5.86. The number of hydrogen-bond donors (Lipinski definition) is 1. The molecule has 0 spiro atoms. The fourth-order valence-electron chi connectivity index (χ4n) is 1.27. The molecule has 0 aromatic carbocycles. The SMILES string of the molecule is CCCCOCCCNc1ncc(F)cc1F. The van der Waals surface area contributed by atoms with Gasteiger partial charge in [0, 0.05) is 25.8 Å². The van der Waals surface area contributed by atoms with Gasteiger partial charge in [0.15, 0.2) is 11.6 Å². The zero-order valence-corrected chi connectivity index (χ0v) is 10.0. The third kappa shape index (κ3) is 5.58. The molecule has 3 nitrogen and oxygen atoms in total. The van der Waals surface area contributed by atoms with Gasteiger partial charge in [0.1, 0.15) is 5.82 Å². The van der Waals surface area contributed by atoms with Crippen molar-refractivity contribution in [2.45, 2.75) is 26.2 Å². The number of nitrogens with zero attached hydrogens (tertiary/aromatic N) is 1. The van der Waals surface area contributed by atoms with Gasteiger partial charge in [-0.2, -0.15) is 0 Å². The van der Waals surface area contributed by atoms with Crippen molar-refractivity contribution in [3.05, 3.63) is 23.9 Å². The summed E-state index contributed by atoms with van der Waals surface area (Å²) < 4.78 is 31.0. The van der Waals surface area contributed by atoms with Crippen molar-refractivity contribution >= 4 is 5.82 Å². The van der Waals surface area contributed by atoms with E-state index in [0.29, 0.717) is 13.2 Å². The molecule has 5 heteroatoms. The predicted molar refractivity (Wildman–Crippen MR) is 63.0 cm³/mol. The molecule has 0 fully saturated rings. The van der Waals surface area contributed by atoms with Crippen LogP contribution in [0.15, 0.2) is 12.3 Å².